The number of nitrogens with zero attached hydrogens (tertiary/aromatic N) is 1. The van der Waals surface area contributed by atoms with Gasteiger partial charge in [0.05, 0.1) is 20.6 Å². The average molecular weight is 332 g/mol. The molecule has 1 N–H and O–H groups in total. The Kier molecular flexibility index (Phi) is 3.67. The van der Waals surface area contributed by atoms with Crippen molar-refractivity contribution in [2.75, 3.05) is 11.6 Å². The van der Waals surface area contributed by atoms with E-state index in [9.17, 15) is 13.2 Å². The maximum absolute atomic E-state index is 12.2. The molecular weight excluding hydrogens is 320 g/mol. The van der Waals surface area contributed by atoms with Gasteiger partial charge in [0.15, 0.2) is 9.84 Å². The van der Waals surface area contributed by atoms with Crippen molar-refractivity contribution < 1.29 is 13.2 Å². The quantitative estimate of drug-likeness (QED) is 0.800. The van der Waals surface area contributed by atoms with Crippen molar-refractivity contribution in [1.82, 2.24) is 4.98 Å². The van der Waals surface area contributed by atoms with E-state index in [0.29, 0.717) is 11.3 Å². The number of carbonyl (C=O) groups excluding carboxylic acids is 1. The molecule has 3 rings (SSSR count). The number of anilines is 1. The zero-order valence-corrected chi connectivity index (χ0v) is 13.2. The summed E-state index contributed by atoms with van der Waals surface area (Å²) in [6.07, 6.45) is 1.11. The molecule has 0 saturated carbocycles. The van der Waals surface area contributed by atoms with E-state index in [2.05, 4.69) is 10.3 Å². The van der Waals surface area contributed by atoms with Crippen molar-refractivity contribution in [3.8, 4) is 0 Å². The van der Waals surface area contributed by atoms with Crippen LogP contribution in [0.2, 0.25) is 0 Å². The second kappa shape index (κ2) is 5.51. The first kappa shape index (κ1) is 14.7. The predicted octanol–water partition coefficient (Wildman–Crippen LogP) is 2.95. The minimum Gasteiger partial charge on any atom is -0.322 e. The summed E-state index contributed by atoms with van der Waals surface area (Å²) >= 11 is 1.49. The lowest BCUT2D eigenvalue weighted by molar-refractivity contribution is 0.102. The normalized spacial score (nSPS) is 11.5. The van der Waals surface area contributed by atoms with E-state index in [1.807, 2.05) is 12.1 Å². The third-order valence-electron chi connectivity index (χ3n) is 3.11. The highest BCUT2D eigenvalue weighted by molar-refractivity contribution is 7.90. The maximum atomic E-state index is 12.2. The zero-order chi connectivity index (χ0) is 15.7. The third kappa shape index (κ3) is 3.00. The number of nitrogens with one attached hydrogen (secondary N) is 1. The molecule has 0 saturated heterocycles. The fourth-order valence-electron chi connectivity index (χ4n) is 2.00. The first-order valence-electron chi connectivity index (χ1n) is 6.38. The Hall–Kier alpha value is -2.25. The second-order valence-electron chi connectivity index (χ2n) is 4.79. The van der Waals surface area contributed by atoms with E-state index < -0.39 is 9.84 Å². The first-order chi connectivity index (χ1) is 10.4. The van der Waals surface area contributed by atoms with E-state index in [-0.39, 0.29) is 10.8 Å². The summed E-state index contributed by atoms with van der Waals surface area (Å²) in [5.41, 5.74) is 3.56. The van der Waals surface area contributed by atoms with Gasteiger partial charge in [0.1, 0.15) is 0 Å². The predicted molar refractivity (Wildman–Crippen MR) is 87.1 cm³/mol. The SMILES string of the molecule is CS(=O)(=O)c1cccc(C(=O)Nc2ccc3ncsc3c2)c1. The number of hydrogen-bond acceptors (Lipinski definition) is 5. The summed E-state index contributed by atoms with van der Waals surface area (Å²) in [7, 11) is -3.34. The third-order valence-corrected chi connectivity index (χ3v) is 5.02. The summed E-state index contributed by atoms with van der Waals surface area (Å²) in [6, 6.07) is 11.4. The van der Waals surface area contributed by atoms with E-state index in [4.69, 9.17) is 0 Å². The van der Waals surface area contributed by atoms with Crippen molar-refractivity contribution in [2.24, 2.45) is 0 Å². The van der Waals surface area contributed by atoms with Crippen LogP contribution in [0.4, 0.5) is 5.69 Å². The standard InChI is InChI=1S/C15H12N2O3S2/c1-22(19,20)12-4-2-3-10(7-12)15(18)17-11-5-6-13-14(8-11)21-9-16-13/h2-9H,1H3,(H,17,18). The molecule has 1 amide bonds. The Balaban J connectivity index is 1.88. The van der Waals surface area contributed by atoms with Gasteiger partial charge in [-0.25, -0.2) is 13.4 Å². The maximum Gasteiger partial charge on any atom is 0.255 e. The van der Waals surface area contributed by atoms with E-state index >= 15 is 0 Å². The number of rotatable bonds is 3. The molecule has 0 aliphatic heterocycles. The molecule has 22 heavy (non-hydrogen) atoms. The first-order valence-corrected chi connectivity index (χ1v) is 9.15. The van der Waals surface area contributed by atoms with Crippen LogP contribution < -0.4 is 5.32 Å². The monoisotopic (exact) mass is 332 g/mol. The average Bonchev–Trinajstić information content (AvgIpc) is 2.94. The van der Waals surface area contributed by atoms with Crippen molar-refractivity contribution >= 4 is 43.0 Å². The molecule has 2 aromatic carbocycles. The molecule has 5 nitrogen and oxygen atoms in total. The van der Waals surface area contributed by atoms with Crippen LogP contribution in [0, 0.1) is 0 Å². The number of sulfone groups is 1. The Labute approximate surface area is 131 Å². The van der Waals surface area contributed by atoms with Gasteiger partial charge in [0, 0.05) is 17.5 Å². The number of benzene rings is 2. The fraction of sp³-hybridized carbons (Fsp3) is 0.0667. The summed E-state index contributed by atoms with van der Waals surface area (Å²) in [4.78, 5) is 16.5. The molecule has 7 heteroatoms. The smallest absolute Gasteiger partial charge is 0.255 e. The molecule has 0 radical (unpaired) electrons. The molecule has 0 fully saturated rings. The lowest BCUT2D eigenvalue weighted by atomic mass is 10.2. The molecular formula is C15H12N2O3S2. The number of aromatic nitrogens is 1. The van der Waals surface area contributed by atoms with E-state index in [0.717, 1.165) is 16.5 Å². The van der Waals surface area contributed by atoms with Gasteiger partial charge in [0.2, 0.25) is 0 Å². The lowest BCUT2D eigenvalue weighted by Gasteiger charge is -2.06. The lowest BCUT2D eigenvalue weighted by Crippen LogP contribution is -2.12. The van der Waals surface area contributed by atoms with Crippen molar-refractivity contribution in [3.05, 3.63) is 53.5 Å². The van der Waals surface area contributed by atoms with Crippen LogP contribution in [0.5, 0.6) is 0 Å². The molecule has 3 aromatic rings. The van der Waals surface area contributed by atoms with Crippen LogP contribution in [0.3, 0.4) is 0 Å². The van der Waals surface area contributed by atoms with Gasteiger partial charge in [0.25, 0.3) is 5.91 Å². The van der Waals surface area contributed by atoms with Gasteiger partial charge >= 0.3 is 0 Å². The Morgan fingerprint density at radius 1 is 1.18 bits per heavy atom. The zero-order valence-electron chi connectivity index (χ0n) is 11.6. The van der Waals surface area contributed by atoms with E-state index in [1.165, 1.54) is 23.5 Å². The second-order valence-corrected chi connectivity index (χ2v) is 7.69. The van der Waals surface area contributed by atoms with Gasteiger partial charge in [-0.1, -0.05) is 6.07 Å². The topological polar surface area (TPSA) is 76.1 Å². The molecule has 0 aliphatic carbocycles. The summed E-state index contributed by atoms with van der Waals surface area (Å²) < 4.78 is 24.1. The Morgan fingerprint density at radius 3 is 2.77 bits per heavy atom. The van der Waals surface area contributed by atoms with Crippen molar-refractivity contribution in [2.45, 2.75) is 4.90 Å². The molecule has 0 atom stereocenters. The Bertz CT molecular complexity index is 962. The van der Waals surface area contributed by atoms with Gasteiger partial charge in [-0.3, -0.25) is 4.79 Å². The highest BCUT2D eigenvalue weighted by Crippen LogP contribution is 2.22. The van der Waals surface area contributed by atoms with Gasteiger partial charge < -0.3 is 5.32 Å². The largest absolute Gasteiger partial charge is 0.322 e. The molecule has 0 unspecified atom stereocenters. The number of amides is 1. The Morgan fingerprint density at radius 2 is 2.00 bits per heavy atom. The van der Waals surface area contributed by atoms with Crippen LogP contribution in [0.15, 0.2) is 52.9 Å². The minimum absolute atomic E-state index is 0.123. The summed E-state index contributed by atoms with van der Waals surface area (Å²) in [5, 5.41) is 2.76. The number of hydrogen-bond donors (Lipinski definition) is 1. The number of carbonyl (C=O) groups is 1. The summed E-state index contributed by atoms with van der Waals surface area (Å²) in [6.45, 7) is 0. The van der Waals surface area contributed by atoms with Gasteiger partial charge in [-0.15, -0.1) is 11.3 Å². The molecule has 0 bridgehead atoms. The van der Waals surface area contributed by atoms with Gasteiger partial charge in [-0.2, -0.15) is 0 Å². The van der Waals surface area contributed by atoms with Crippen LogP contribution >= 0.6 is 11.3 Å². The van der Waals surface area contributed by atoms with Crippen LogP contribution in [-0.2, 0) is 9.84 Å². The summed E-state index contributed by atoms with van der Waals surface area (Å²) in [5.74, 6) is -0.352. The van der Waals surface area contributed by atoms with Crippen LogP contribution in [0.25, 0.3) is 10.2 Å². The van der Waals surface area contributed by atoms with E-state index in [1.54, 1.807) is 23.7 Å². The number of thiazole rings is 1. The van der Waals surface area contributed by atoms with Crippen molar-refractivity contribution in [1.29, 1.82) is 0 Å². The number of fused-ring (bicyclic) bond motifs is 1. The molecule has 1 heterocycles. The highest BCUT2D eigenvalue weighted by atomic mass is 32.2. The molecule has 1 aromatic heterocycles. The molecule has 0 spiro atoms. The minimum atomic E-state index is -3.34. The van der Waals surface area contributed by atoms with Crippen LogP contribution in [-0.4, -0.2) is 25.6 Å². The molecule has 112 valence electrons. The van der Waals surface area contributed by atoms with Crippen molar-refractivity contribution in [3.63, 3.8) is 0 Å². The highest BCUT2D eigenvalue weighted by Gasteiger charge is 2.12. The van der Waals surface area contributed by atoms with Crippen LogP contribution in [0.1, 0.15) is 10.4 Å². The van der Waals surface area contributed by atoms with Gasteiger partial charge in [-0.05, 0) is 36.4 Å². The molecule has 0 aliphatic rings. The fourth-order valence-corrected chi connectivity index (χ4v) is 3.39.